The van der Waals surface area contributed by atoms with Gasteiger partial charge in [-0.15, -0.1) is 0 Å². The Kier molecular flexibility index (Phi) is 3.97. The molecular formula is C24H15FN6O. The largest absolute Gasteiger partial charge is 0.508 e. The molecule has 0 fully saturated rings. The lowest BCUT2D eigenvalue weighted by molar-refractivity contribution is 0.469. The van der Waals surface area contributed by atoms with Crippen LogP contribution in [0.1, 0.15) is 0 Å². The molecule has 0 radical (unpaired) electrons. The van der Waals surface area contributed by atoms with E-state index >= 15 is 0 Å². The molecule has 1 aromatic carbocycles. The van der Waals surface area contributed by atoms with Crippen LogP contribution in [0.2, 0.25) is 0 Å². The summed E-state index contributed by atoms with van der Waals surface area (Å²) in [5, 5.41) is 19.1. The summed E-state index contributed by atoms with van der Waals surface area (Å²) in [5.41, 5.74) is 5.84. The molecule has 0 atom stereocenters. The maximum atomic E-state index is 13.9. The van der Waals surface area contributed by atoms with Gasteiger partial charge in [0.1, 0.15) is 17.3 Å². The van der Waals surface area contributed by atoms with E-state index in [9.17, 15) is 9.50 Å². The number of aromatic hydroxyl groups is 1. The second-order valence-corrected chi connectivity index (χ2v) is 7.43. The van der Waals surface area contributed by atoms with Gasteiger partial charge in [-0.2, -0.15) is 5.10 Å². The second-order valence-electron chi connectivity index (χ2n) is 7.43. The molecule has 5 heterocycles. The summed E-state index contributed by atoms with van der Waals surface area (Å²) >= 11 is 0. The third-order valence-corrected chi connectivity index (χ3v) is 5.37. The van der Waals surface area contributed by atoms with E-state index in [0.717, 1.165) is 50.6 Å². The van der Waals surface area contributed by atoms with Crippen LogP contribution in [0.3, 0.4) is 0 Å². The molecule has 0 aliphatic carbocycles. The Hall–Kier alpha value is -4.59. The third kappa shape index (κ3) is 2.97. The van der Waals surface area contributed by atoms with Gasteiger partial charge < -0.3 is 10.1 Å². The van der Waals surface area contributed by atoms with E-state index in [-0.39, 0.29) is 5.75 Å². The average Bonchev–Trinajstić information content (AvgIpc) is 3.42. The molecule has 7 nitrogen and oxygen atoms in total. The van der Waals surface area contributed by atoms with Gasteiger partial charge in [0.25, 0.3) is 0 Å². The lowest BCUT2D eigenvalue weighted by Crippen LogP contribution is -1.86. The number of halogens is 1. The Morgan fingerprint density at radius 1 is 0.844 bits per heavy atom. The zero-order chi connectivity index (χ0) is 21.7. The zero-order valence-corrected chi connectivity index (χ0v) is 16.5. The first-order valence-electron chi connectivity index (χ1n) is 9.88. The number of pyridine rings is 3. The standard InChI is InChI=1S/C24H15FN6O/c25-14-5-13(6-15(32)7-14)18-10-26-11-22-16(18)8-21(29-22)24-17-9-20(19-3-1-2-4-27-19)28-12-23(17)30-31-24/h1-12,29,32H,(H,30,31). The maximum Gasteiger partial charge on any atom is 0.127 e. The smallest absolute Gasteiger partial charge is 0.127 e. The number of aromatic nitrogens is 6. The van der Waals surface area contributed by atoms with Crippen molar-refractivity contribution in [2.45, 2.75) is 0 Å². The molecule has 0 amide bonds. The number of rotatable bonds is 3. The van der Waals surface area contributed by atoms with Gasteiger partial charge in [-0.1, -0.05) is 6.07 Å². The fourth-order valence-corrected chi connectivity index (χ4v) is 3.91. The summed E-state index contributed by atoms with van der Waals surface area (Å²) in [6.45, 7) is 0. The minimum Gasteiger partial charge on any atom is -0.508 e. The molecule has 0 unspecified atom stereocenters. The van der Waals surface area contributed by atoms with Crippen molar-refractivity contribution < 1.29 is 9.50 Å². The predicted octanol–water partition coefficient (Wildman–Crippen LogP) is 5.07. The Labute approximate surface area is 180 Å². The molecular weight excluding hydrogens is 407 g/mol. The quantitative estimate of drug-likeness (QED) is 0.369. The number of nitrogens with one attached hydrogen (secondary N) is 2. The number of benzene rings is 1. The molecule has 5 aromatic heterocycles. The van der Waals surface area contributed by atoms with Gasteiger partial charge in [0.2, 0.25) is 0 Å². The number of fused-ring (bicyclic) bond motifs is 2. The van der Waals surface area contributed by atoms with Crippen molar-refractivity contribution in [2.75, 3.05) is 0 Å². The van der Waals surface area contributed by atoms with Crippen LogP contribution in [0.25, 0.3) is 55.7 Å². The van der Waals surface area contributed by atoms with Gasteiger partial charge in [-0.05, 0) is 42.0 Å². The van der Waals surface area contributed by atoms with E-state index in [1.54, 1.807) is 24.8 Å². The first-order chi connectivity index (χ1) is 15.7. The Bertz CT molecular complexity index is 1590. The number of hydrogen-bond acceptors (Lipinski definition) is 5. The van der Waals surface area contributed by atoms with Gasteiger partial charge >= 0.3 is 0 Å². The highest BCUT2D eigenvalue weighted by atomic mass is 19.1. The van der Waals surface area contributed by atoms with Crippen molar-refractivity contribution in [3.63, 3.8) is 0 Å². The van der Waals surface area contributed by atoms with Gasteiger partial charge in [0.15, 0.2) is 0 Å². The summed E-state index contributed by atoms with van der Waals surface area (Å²) in [4.78, 5) is 16.5. The van der Waals surface area contributed by atoms with E-state index < -0.39 is 5.82 Å². The summed E-state index contributed by atoms with van der Waals surface area (Å²) in [6, 6.07) is 13.5. The number of phenolic OH excluding ortho intramolecular Hbond substituents is 1. The van der Waals surface area contributed by atoms with Crippen molar-refractivity contribution in [1.82, 2.24) is 30.1 Å². The van der Waals surface area contributed by atoms with E-state index in [2.05, 4.69) is 30.1 Å². The third-order valence-electron chi connectivity index (χ3n) is 5.37. The first kappa shape index (κ1) is 18.2. The Morgan fingerprint density at radius 2 is 1.78 bits per heavy atom. The van der Waals surface area contributed by atoms with E-state index in [1.807, 2.05) is 30.3 Å². The monoisotopic (exact) mass is 422 g/mol. The number of aromatic amines is 2. The molecule has 0 aliphatic heterocycles. The molecule has 0 aliphatic rings. The topological polar surface area (TPSA) is 103 Å². The SMILES string of the molecule is Oc1cc(F)cc(-c2cncc3[nH]c(-c4n[nH]c5cnc(-c6ccccn6)cc45)cc23)c1. The van der Waals surface area contributed by atoms with E-state index in [0.29, 0.717) is 11.1 Å². The van der Waals surface area contributed by atoms with Crippen LogP contribution in [0.5, 0.6) is 5.75 Å². The number of hydrogen-bond donors (Lipinski definition) is 3. The highest BCUT2D eigenvalue weighted by molar-refractivity contribution is 6.01. The van der Waals surface area contributed by atoms with Crippen LogP contribution in [0.4, 0.5) is 4.39 Å². The minimum atomic E-state index is -0.513. The van der Waals surface area contributed by atoms with Crippen LogP contribution in [0, 0.1) is 5.82 Å². The summed E-state index contributed by atoms with van der Waals surface area (Å²) in [5.74, 6) is -0.652. The van der Waals surface area contributed by atoms with Crippen LogP contribution in [0.15, 0.2) is 73.3 Å². The average molecular weight is 422 g/mol. The molecule has 0 bridgehead atoms. The van der Waals surface area contributed by atoms with Crippen molar-refractivity contribution in [3.8, 4) is 39.7 Å². The molecule has 0 spiro atoms. The predicted molar refractivity (Wildman–Crippen MR) is 119 cm³/mol. The maximum absolute atomic E-state index is 13.9. The molecule has 0 saturated heterocycles. The van der Waals surface area contributed by atoms with Crippen LogP contribution >= 0.6 is 0 Å². The van der Waals surface area contributed by atoms with Gasteiger partial charge in [-0.3, -0.25) is 20.1 Å². The highest BCUT2D eigenvalue weighted by Gasteiger charge is 2.16. The molecule has 32 heavy (non-hydrogen) atoms. The Morgan fingerprint density at radius 3 is 2.62 bits per heavy atom. The molecule has 6 aromatic rings. The summed E-state index contributed by atoms with van der Waals surface area (Å²) in [6.07, 6.45) is 6.83. The molecule has 0 saturated carbocycles. The van der Waals surface area contributed by atoms with Gasteiger partial charge in [0.05, 0.1) is 40.5 Å². The molecule has 3 N–H and O–H groups in total. The number of phenols is 1. The summed E-state index contributed by atoms with van der Waals surface area (Å²) in [7, 11) is 0. The fraction of sp³-hybridized carbons (Fsp3) is 0. The van der Waals surface area contributed by atoms with E-state index in [1.165, 1.54) is 12.1 Å². The van der Waals surface area contributed by atoms with Crippen LogP contribution < -0.4 is 0 Å². The molecule has 154 valence electrons. The first-order valence-corrected chi connectivity index (χ1v) is 9.88. The lowest BCUT2D eigenvalue weighted by Gasteiger charge is -2.04. The summed E-state index contributed by atoms with van der Waals surface area (Å²) < 4.78 is 13.9. The van der Waals surface area contributed by atoms with Crippen LogP contribution in [-0.4, -0.2) is 35.2 Å². The van der Waals surface area contributed by atoms with Crippen molar-refractivity contribution in [1.29, 1.82) is 0 Å². The van der Waals surface area contributed by atoms with Crippen LogP contribution in [-0.2, 0) is 0 Å². The number of nitrogens with zero attached hydrogens (tertiary/aromatic N) is 4. The molecule has 6 rings (SSSR count). The normalized spacial score (nSPS) is 11.4. The second kappa shape index (κ2) is 6.98. The van der Waals surface area contributed by atoms with Gasteiger partial charge in [0, 0.05) is 34.8 Å². The fourth-order valence-electron chi connectivity index (χ4n) is 3.91. The molecule has 8 heteroatoms. The Balaban J connectivity index is 1.52. The van der Waals surface area contributed by atoms with Crippen molar-refractivity contribution in [3.05, 3.63) is 79.1 Å². The van der Waals surface area contributed by atoms with E-state index in [4.69, 9.17) is 0 Å². The number of H-pyrrole nitrogens is 2. The lowest BCUT2D eigenvalue weighted by atomic mass is 10.0. The van der Waals surface area contributed by atoms with Crippen molar-refractivity contribution >= 4 is 21.8 Å². The highest BCUT2D eigenvalue weighted by Crippen LogP contribution is 2.35. The minimum absolute atomic E-state index is 0.138. The van der Waals surface area contributed by atoms with Gasteiger partial charge in [-0.25, -0.2) is 4.39 Å². The zero-order valence-electron chi connectivity index (χ0n) is 16.5. The van der Waals surface area contributed by atoms with Crippen molar-refractivity contribution in [2.24, 2.45) is 0 Å².